The molecule has 0 aliphatic carbocycles. The van der Waals surface area contributed by atoms with E-state index < -0.39 is 0 Å². The third-order valence-electron chi connectivity index (χ3n) is 6.21. The van der Waals surface area contributed by atoms with Crippen LogP contribution in [0, 0.1) is 0 Å². The Hall–Kier alpha value is -2.93. The smallest absolute Gasteiger partial charge is 0.134 e. The number of hydrogen-bond acceptors (Lipinski definition) is 7. The van der Waals surface area contributed by atoms with E-state index in [9.17, 15) is 0 Å². The van der Waals surface area contributed by atoms with E-state index in [0.29, 0.717) is 6.04 Å². The van der Waals surface area contributed by atoms with Gasteiger partial charge in [0.15, 0.2) is 0 Å². The number of ether oxygens (including phenoxy) is 1. The highest BCUT2D eigenvalue weighted by Gasteiger charge is 2.23. The molecule has 1 atom stereocenters. The first-order chi connectivity index (χ1) is 15.3. The normalized spacial score (nSPS) is 19.6. The van der Waals surface area contributed by atoms with Crippen LogP contribution in [0.2, 0.25) is 0 Å². The summed E-state index contributed by atoms with van der Waals surface area (Å²) in [6.07, 6.45) is 4.91. The largest absolute Gasteiger partial charge is 0.380 e. The third kappa shape index (κ3) is 4.42. The Morgan fingerprint density at radius 2 is 1.84 bits per heavy atom. The van der Waals surface area contributed by atoms with Crippen LogP contribution in [-0.2, 0) is 11.2 Å². The highest BCUT2D eigenvalue weighted by molar-refractivity contribution is 5.91. The van der Waals surface area contributed by atoms with Crippen molar-refractivity contribution in [3.8, 4) is 0 Å². The van der Waals surface area contributed by atoms with E-state index in [-0.39, 0.29) is 0 Å². The second kappa shape index (κ2) is 9.06. The van der Waals surface area contributed by atoms with Crippen molar-refractivity contribution in [2.24, 2.45) is 0 Å². The molecule has 162 valence electrons. The van der Waals surface area contributed by atoms with Gasteiger partial charge in [-0.1, -0.05) is 25.1 Å². The number of piperidine rings is 1. The molecule has 2 aliphatic rings. The SMILES string of the molecule is CCc1cc(NC2CCCN(c3cc(N4CCOCC4)ncn3)C2)c2ccccc2n1. The van der Waals surface area contributed by atoms with Crippen LogP contribution in [0.3, 0.4) is 0 Å². The molecule has 2 saturated heterocycles. The van der Waals surface area contributed by atoms with Crippen molar-refractivity contribution in [1.29, 1.82) is 0 Å². The monoisotopic (exact) mass is 418 g/mol. The van der Waals surface area contributed by atoms with Crippen LogP contribution in [0.1, 0.15) is 25.5 Å². The molecule has 0 spiro atoms. The highest BCUT2D eigenvalue weighted by Crippen LogP contribution is 2.27. The van der Waals surface area contributed by atoms with E-state index in [0.717, 1.165) is 81.5 Å². The standard InChI is InChI=1S/C24H30N6O/c1-2-18-14-22(20-7-3-4-8-21(20)27-18)28-19-6-5-9-30(16-19)24-15-23(25-17-26-24)29-10-12-31-13-11-29/h3-4,7-8,14-15,17,19H,2,5-6,9-13,16H2,1H3,(H,27,28). The molecule has 0 radical (unpaired) electrons. The first-order valence-electron chi connectivity index (χ1n) is 11.3. The van der Waals surface area contributed by atoms with Crippen molar-refractivity contribution in [3.63, 3.8) is 0 Å². The minimum Gasteiger partial charge on any atom is -0.380 e. The highest BCUT2D eigenvalue weighted by atomic mass is 16.5. The van der Waals surface area contributed by atoms with Gasteiger partial charge in [0.1, 0.15) is 18.0 Å². The molecule has 1 unspecified atom stereocenters. The molecule has 0 amide bonds. The van der Waals surface area contributed by atoms with Gasteiger partial charge in [0, 0.05) is 55.1 Å². The zero-order valence-corrected chi connectivity index (χ0v) is 18.1. The number of fused-ring (bicyclic) bond motifs is 1. The Morgan fingerprint density at radius 3 is 2.68 bits per heavy atom. The van der Waals surface area contributed by atoms with E-state index in [1.807, 2.05) is 0 Å². The molecule has 0 bridgehead atoms. The van der Waals surface area contributed by atoms with Gasteiger partial charge in [0.05, 0.1) is 18.7 Å². The summed E-state index contributed by atoms with van der Waals surface area (Å²) in [6, 6.07) is 13.1. The fraction of sp³-hybridized carbons (Fsp3) is 0.458. The van der Waals surface area contributed by atoms with Crippen molar-refractivity contribution in [2.45, 2.75) is 32.2 Å². The Balaban J connectivity index is 1.34. The van der Waals surface area contributed by atoms with Crippen LogP contribution >= 0.6 is 0 Å². The summed E-state index contributed by atoms with van der Waals surface area (Å²) in [4.78, 5) is 18.6. The van der Waals surface area contributed by atoms with Crippen molar-refractivity contribution in [2.75, 3.05) is 54.5 Å². The molecule has 4 heterocycles. The van der Waals surface area contributed by atoms with E-state index in [1.165, 1.54) is 11.1 Å². The van der Waals surface area contributed by atoms with Gasteiger partial charge in [-0.2, -0.15) is 0 Å². The number of aryl methyl sites for hydroxylation is 1. The quantitative estimate of drug-likeness (QED) is 0.680. The van der Waals surface area contributed by atoms with Crippen LogP contribution in [-0.4, -0.2) is 60.4 Å². The van der Waals surface area contributed by atoms with E-state index in [4.69, 9.17) is 9.72 Å². The van der Waals surface area contributed by atoms with Crippen LogP contribution in [0.25, 0.3) is 10.9 Å². The zero-order chi connectivity index (χ0) is 21.0. The van der Waals surface area contributed by atoms with Gasteiger partial charge in [-0.15, -0.1) is 0 Å². The lowest BCUT2D eigenvalue weighted by Gasteiger charge is -2.35. The van der Waals surface area contributed by atoms with E-state index in [1.54, 1.807) is 6.33 Å². The summed E-state index contributed by atoms with van der Waals surface area (Å²) in [6.45, 7) is 7.39. The molecule has 1 aromatic carbocycles. The lowest BCUT2D eigenvalue weighted by molar-refractivity contribution is 0.122. The van der Waals surface area contributed by atoms with Gasteiger partial charge in [-0.3, -0.25) is 4.98 Å². The number of para-hydroxylation sites is 1. The zero-order valence-electron chi connectivity index (χ0n) is 18.1. The molecule has 3 aromatic rings. The summed E-state index contributed by atoms with van der Waals surface area (Å²) in [7, 11) is 0. The fourth-order valence-corrected chi connectivity index (χ4v) is 4.53. The molecule has 7 nitrogen and oxygen atoms in total. The van der Waals surface area contributed by atoms with Crippen LogP contribution in [0.15, 0.2) is 42.7 Å². The molecule has 1 N–H and O–H groups in total. The predicted molar refractivity (Wildman–Crippen MR) is 125 cm³/mol. The lowest BCUT2D eigenvalue weighted by Crippen LogP contribution is -2.43. The Labute approximate surface area is 183 Å². The Morgan fingerprint density at radius 1 is 1.03 bits per heavy atom. The molecule has 2 fully saturated rings. The molecule has 0 saturated carbocycles. The van der Waals surface area contributed by atoms with Crippen molar-refractivity contribution < 1.29 is 4.74 Å². The molecule has 7 heteroatoms. The molecule has 31 heavy (non-hydrogen) atoms. The summed E-state index contributed by atoms with van der Waals surface area (Å²) < 4.78 is 5.48. The first-order valence-corrected chi connectivity index (χ1v) is 11.3. The van der Waals surface area contributed by atoms with Crippen molar-refractivity contribution >= 4 is 28.2 Å². The number of rotatable bonds is 5. The lowest BCUT2D eigenvalue weighted by atomic mass is 10.0. The topological polar surface area (TPSA) is 66.4 Å². The van der Waals surface area contributed by atoms with Crippen molar-refractivity contribution in [3.05, 3.63) is 48.4 Å². The fourth-order valence-electron chi connectivity index (χ4n) is 4.53. The average molecular weight is 419 g/mol. The van der Waals surface area contributed by atoms with Crippen LogP contribution < -0.4 is 15.1 Å². The number of benzene rings is 1. The molecule has 2 aliphatic heterocycles. The van der Waals surface area contributed by atoms with Gasteiger partial charge >= 0.3 is 0 Å². The molecule has 2 aromatic heterocycles. The van der Waals surface area contributed by atoms with Gasteiger partial charge in [0.2, 0.25) is 0 Å². The number of nitrogens with one attached hydrogen (secondary N) is 1. The molecular formula is C24H30N6O. The summed E-state index contributed by atoms with van der Waals surface area (Å²) in [5.41, 5.74) is 3.37. The second-order valence-corrected chi connectivity index (χ2v) is 8.30. The maximum Gasteiger partial charge on any atom is 0.134 e. The van der Waals surface area contributed by atoms with Gasteiger partial charge in [0.25, 0.3) is 0 Å². The van der Waals surface area contributed by atoms with Crippen LogP contribution in [0.5, 0.6) is 0 Å². The minimum atomic E-state index is 0.367. The third-order valence-corrected chi connectivity index (χ3v) is 6.21. The maximum atomic E-state index is 5.48. The summed E-state index contributed by atoms with van der Waals surface area (Å²) in [5.74, 6) is 2.01. The van der Waals surface area contributed by atoms with E-state index in [2.05, 4.69) is 68.4 Å². The maximum absolute atomic E-state index is 5.48. The number of anilines is 3. The van der Waals surface area contributed by atoms with Crippen LogP contribution in [0.4, 0.5) is 17.3 Å². The van der Waals surface area contributed by atoms with E-state index >= 15 is 0 Å². The van der Waals surface area contributed by atoms with Gasteiger partial charge in [-0.25, -0.2) is 9.97 Å². The predicted octanol–water partition coefficient (Wildman–Crippen LogP) is 3.50. The number of aromatic nitrogens is 3. The number of morpholine rings is 1. The summed E-state index contributed by atoms with van der Waals surface area (Å²) >= 11 is 0. The average Bonchev–Trinajstić information content (AvgIpc) is 2.85. The first kappa shape index (κ1) is 20.0. The Kier molecular flexibility index (Phi) is 5.84. The number of pyridine rings is 1. The summed E-state index contributed by atoms with van der Waals surface area (Å²) in [5, 5.41) is 5.01. The van der Waals surface area contributed by atoms with Crippen molar-refractivity contribution in [1.82, 2.24) is 15.0 Å². The van der Waals surface area contributed by atoms with Gasteiger partial charge < -0.3 is 19.9 Å². The number of nitrogens with zero attached hydrogens (tertiary/aromatic N) is 5. The Bertz CT molecular complexity index is 1040. The van der Waals surface area contributed by atoms with Gasteiger partial charge in [-0.05, 0) is 31.4 Å². The molecule has 5 rings (SSSR count). The second-order valence-electron chi connectivity index (χ2n) is 8.30. The molecular weight excluding hydrogens is 388 g/mol. The number of hydrogen-bond donors (Lipinski definition) is 1. The minimum absolute atomic E-state index is 0.367.